The van der Waals surface area contributed by atoms with Gasteiger partial charge in [-0.15, -0.1) is 10.2 Å². The third-order valence-electron chi connectivity index (χ3n) is 5.01. The van der Waals surface area contributed by atoms with Crippen LogP contribution in [-0.4, -0.2) is 44.8 Å². The molecule has 0 spiro atoms. The minimum absolute atomic E-state index is 0.376. The standard InChI is InChI=1S/C14H25N5/c1-10(14-17-16-9-18(14)3)19-12-5-4-6-13(19)8-11(7-12)15-2/h9-13,15H,4-8H2,1-3H3. The topological polar surface area (TPSA) is 46.0 Å². The predicted octanol–water partition coefficient (Wildman–Crippen LogP) is 1.48. The Labute approximate surface area is 115 Å². The third kappa shape index (κ3) is 2.30. The summed E-state index contributed by atoms with van der Waals surface area (Å²) in [6.45, 7) is 2.29. The van der Waals surface area contributed by atoms with Gasteiger partial charge in [0.15, 0.2) is 0 Å². The highest BCUT2D eigenvalue weighted by atomic mass is 15.3. The monoisotopic (exact) mass is 263 g/mol. The van der Waals surface area contributed by atoms with Crippen LogP contribution < -0.4 is 5.32 Å². The summed E-state index contributed by atoms with van der Waals surface area (Å²) in [5, 5.41) is 11.8. The van der Waals surface area contributed by atoms with Gasteiger partial charge in [-0.05, 0) is 39.7 Å². The first kappa shape index (κ1) is 13.1. The van der Waals surface area contributed by atoms with Gasteiger partial charge in [0.05, 0.1) is 6.04 Å². The highest BCUT2D eigenvalue weighted by Gasteiger charge is 2.41. The lowest BCUT2D eigenvalue weighted by atomic mass is 9.80. The first-order valence-electron chi connectivity index (χ1n) is 7.49. The predicted molar refractivity (Wildman–Crippen MR) is 74.8 cm³/mol. The maximum absolute atomic E-state index is 4.31. The van der Waals surface area contributed by atoms with Crippen molar-refractivity contribution in [3.63, 3.8) is 0 Å². The zero-order valence-corrected chi connectivity index (χ0v) is 12.2. The number of fused-ring (bicyclic) bond motifs is 2. The van der Waals surface area contributed by atoms with Crippen LogP contribution in [0, 0.1) is 0 Å². The molecular weight excluding hydrogens is 238 g/mol. The summed E-state index contributed by atoms with van der Waals surface area (Å²) in [4.78, 5) is 2.71. The molecule has 106 valence electrons. The van der Waals surface area contributed by atoms with Crippen LogP contribution in [0.4, 0.5) is 0 Å². The van der Waals surface area contributed by atoms with Gasteiger partial charge < -0.3 is 9.88 Å². The summed E-state index contributed by atoms with van der Waals surface area (Å²) in [5.41, 5.74) is 0. The Balaban J connectivity index is 1.82. The van der Waals surface area contributed by atoms with Crippen LogP contribution in [0.1, 0.15) is 50.9 Å². The number of piperidine rings is 2. The average molecular weight is 263 g/mol. The van der Waals surface area contributed by atoms with E-state index in [1.165, 1.54) is 32.1 Å². The molecule has 1 aromatic rings. The van der Waals surface area contributed by atoms with E-state index in [0.29, 0.717) is 24.2 Å². The first-order valence-corrected chi connectivity index (χ1v) is 7.49. The molecule has 3 atom stereocenters. The van der Waals surface area contributed by atoms with Crippen LogP contribution in [0.2, 0.25) is 0 Å². The smallest absolute Gasteiger partial charge is 0.149 e. The molecule has 3 heterocycles. The molecule has 2 aliphatic rings. The number of nitrogens with one attached hydrogen (secondary N) is 1. The van der Waals surface area contributed by atoms with Crippen LogP contribution in [0.3, 0.4) is 0 Å². The summed E-state index contributed by atoms with van der Waals surface area (Å²) in [7, 11) is 4.14. The van der Waals surface area contributed by atoms with E-state index >= 15 is 0 Å². The average Bonchev–Trinajstić information content (AvgIpc) is 2.82. The fourth-order valence-electron chi connectivity index (χ4n) is 4.09. The van der Waals surface area contributed by atoms with Crippen LogP contribution in [0.5, 0.6) is 0 Å². The van der Waals surface area contributed by atoms with Gasteiger partial charge in [0.2, 0.25) is 0 Å². The molecular formula is C14H25N5. The van der Waals surface area contributed by atoms with Crippen LogP contribution >= 0.6 is 0 Å². The fourth-order valence-corrected chi connectivity index (χ4v) is 4.09. The Hall–Kier alpha value is -0.940. The molecule has 0 aromatic carbocycles. The van der Waals surface area contributed by atoms with Crippen molar-refractivity contribution in [1.29, 1.82) is 0 Å². The molecule has 0 amide bonds. The second-order valence-corrected chi connectivity index (χ2v) is 6.12. The van der Waals surface area contributed by atoms with Crippen molar-refractivity contribution in [2.75, 3.05) is 7.05 Å². The van der Waals surface area contributed by atoms with Gasteiger partial charge in [-0.2, -0.15) is 0 Å². The Morgan fingerprint density at radius 1 is 1.32 bits per heavy atom. The van der Waals surface area contributed by atoms with Crippen LogP contribution in [0.15, 0.2) is 6.33 Å². The summed E-state index contributed by atoms with van der Waals surface area (Å²) in [6.07, 6.45) is 8.40. The van der Waals surface area contributed by atoms with Crippen molar-refractivity contribution in [3.8, 4) is 0 Å². The van der Waals surface area contributed by atoms with E-state index in [9.17, 15) is 0 Å². The Bertz CT molecular complexity index is 415. The molecule has 2 fully saturated rings. The van der Waals surface area contributed by atoms with E-state index in [2.05, 4.69) is 39.0 Å². The Kier molecular flexibility index (Phi) is 3.58. The number of hydrogen-bond acceptors (Lipinski definition) is 4. The van der Waals surface area contributed by atoms with E-state index in [-0.39, 0.29) is 0 Å². The van der Waals surface area contributed by atoms with Crippen molar-refractivity contribution in [2.24, 2.45) is 7.05 Å². The third-order valence-corrected chi connectivity index (χ3v) is 5.01. The molecule has 19 heavy (non-hydrogen) atoms. The van der Waals surface area contributed by atoms with Crippen molar-refractivity contribution in [1.82, 2.24) is 25.0 Å². The molecule has 0 radical (unpaired) electrons. The second kappa shape index (κ2) is 5.21. The quantitative estimate of drug-likeness (QED) is 0.897. The second-order valence-electron chi connectivity index (χ2n) is 6.12. The van der Waals surface area contributed by atoms with E-state index in [4.69, 9.17) is 0 Å². The van der Waals surface area contributed by atoms with Gasteiger partial charge in [-0.3, -0.25) is 4.90 Å². The number of aromatic nitrogens is 3. The Morgan fingerprint density at radius 3 is 2.53 bits per heavy atom. The largest absolute Gasteiger partial charge is 0.319 e. The number of nitrogens with zero attached hydrogens (tertiary/aromatic N) is 4. The van der Waals surface area contributed by atoms with E-state index < -0.39 is 0 Å². The minimum Gasteiger partial charge on any atom is -0.319 e. The Morgan fingerprint density at radius 2 is 2.00 bits per heavy atom. The normalized spacial score (nSPS) is 33.3. The molecule has 0 saturated carbocycles. The van der Waals surface area contributed by atoms with E-state index in [0.717, 1.165) is 5.82 Å². The highest BCUT2D eigenvalue weighted by molar-refractivity contribution is 5.02. The summed E-state index contributed by atoms with van der Waals surface area (Å²) in [6, 6.07) is 2.48. The summed E-state index contributed by atoms with van der Waals surface area (Å²) < 4.78 is 2.06. The molecule has 2 aliphatic heterocycles. The van der Waals surface area contributed by atoms with E-state index in [1.807, 2.05) is 13.4 Å². The molecule has 2 bridgehead atoms. The lowest BCUT2D eigenvalue weighted by Gasteiger charge is -2.51. The molecule has 1 aromatic heterocycles. The highest BCUT2D eigenvalue weighted by Crippen LogP contribution is 2.39. The SMILES string of the molecule is CNC1CC2CCCC(C1)N2C(C)c1nncn1C. The first-order chi connectivity index (χ1) is 9.20. The fraction of sp³-hybridized carbons (Fsp3) is 0.857. The van der Waals surface area contributed by atoms with Crippen molar-refractivity contribution < 1.29 is 0 Å². The van der Waals surface area contributed by atoms with Crippen LogP contribution in [0.25, 0.3) is 0 Å². The number of aryl methyl sites for hydroxylation is 1. The zero-order valence-electron chi connectivity index (χ0n) is 12.2. The van der Waals surface area contributed by atoms with Gasteiger partial charge in [0, 0.05) is 25.2 Å². The van der Waals surface area contributed by atoms with Crippen molar-refractivity contribution in [2.45, 2.75) is 63.2 Å². The lowest BCUT2D eigenvalue weighted by Crippen LogP contribution is -2.56. The van der Waals surface area contributed by atoms with E-state index in [1.54, 1.807) is 0 Å². The minimum atomic E-state index is 0.376. The summed E-state index contributed by atoms with van der Waals surface area (Å²) >= 11 is 0. The van der Waals surface area contributed by atoms with Gasteiger partial charge in [0.25, 0.3) is 0 Å². The molecule has 1 N–H and O–H groups in total. The molecule has 5 heteroatoms. The molecule has 2 saturated heterocycles. The molecule has 0 aliphatic carbocycles. The molecule has 3 unspecified atom stereocenters. The zero-order chi connectivity index (χ0) is 13.4. The van der Waals surface area contributed by atoms with Crippen molar-refractivity contribution in [3.05, 3.63) is 12.2 Å². The molecule has 3 rings (SSSR count). The van der Waals surface area contributed by atoms with Gasteiger partial charge in [0.1, 0.15) is 12.2 Å². The molecule has 5 nitrogen and oxygen atoms in total. The summed E-state index contributed by atoms with van der Waals surface area (Å²) in [5.74, 6) is 1.10. The lowest BCUT2D eigenvalue weighted by molar-refractivity contribution is -0.00858. The maximum atomic E-state index is 4.31. The van der Waals surface area contributed by atoms with Gasteiger partial charge in [-0.1, -0.05) is 6.42 Å². The number of hydrogen-bond donors (Lipinski definition) is 1. The van der Waals surface area contributed by atoms with Gasteiger partial charge in [-0.25, -0.2) is 0 Å². The van der Waals surface area contributed by atoms with Crippen molar-refractivity contribution >= 4 is 0 Å². The maximum Gasteiger partial charge on any atom is 0.149 e. The van der Waals surface area contributed by atoms with Gasteiger partial charge >= 0.3 is 0 Å². The number of rotatable bonds is 3. The van der Waals surface area contributed by atoms with Crippen LogP contribution in [-0.2, 0) is 7.05 Å².